The lowest BCUT2D eigenvalue weighted by atomic mass is 10.1. The number of amides is 2. The van der Waals surface area contributed by atoms with Crippen LogP contribution in [0.25, 0.3) is 0 Å². The van der Waals surface area contributed by atoms with Crippen LogP contribution < -0.4 is 0 Å². The van der Waals surface area contributed by atoms with Gasteiger partial charge in [-0.15, -0.1) is 0 Å². The lowest BCUT2D eigenvalue weighted by molar-refractivity contribution is -0.130. The summed E-state index contributed by atoms with van der Waals surface area (Å²) in [5.41, 5.74) is 1.06. The molecule has 0 aliphatic carbocycles. The summed E-state index contributed by atoms with van der Waals surface area (Å²) >= 11 is 0. The van der Waals surface area contributed by atoms with Crippen LogP contribution in [-0.4, -0.2) is 41.5 Å². The zero-order valence-corrected chi connectivity index (χ0v) is 11.5. The fourth-order valence-electron chi connectivity index (χ4n) is 2.02. The Labute approximate surface area is 116 Å². The molecule has 1 aromatic rings. The summed E-state index contributed by atoms with van der Waals surface area (Å²) in [6.45, 7) is 0.299. The molecule has 0 spiro atoms. The highest BCUT2D eigenvalue weighted by Crippen LogP contribution is 2.11. The number of hydrazone groups is 1. The van der Waals surface area contributed by atoms with Crippen LogP contribution in [0.4, 0.5) is 4.39 Å². The minimum atomic E-state index is -0.330. The highest BCUT2D eigenvalue weighted by atomic mass is 19.1. The molecule has 20 heavy (non-hydrogen) atoms. The van der Waals surface area contributed by atoms with Crippen molar-refractivity contribution < 1.29 is 14.0 Å². The molecule has 2 amide bonds. The Hall–Kier alpha value is -2.24. The number of nitrogens with zero attached hydrogens (tertiary/aromatic N) is 3. The molecule has 0 N–H and O–H groups in total. The second kappa shape index (κ2) is 5.81. The third-order valence-corrected chi connectivity index (χ3v) is 3.11. The summed E-state index contributed by atoms with van der Waals surface area (Å²) in [7, 11) is 3.16. The van der Waals surface area contributed by atoms with E-state index in [-0.39, 0.29) is 24.1 Å². The topological polar surface area (TPSA) is 53.0 Å². The summed E-state index contributed by atoms with van der Waals surface area (Å²) < 4.78 is 13.1. The molecule has 6 heteroatoms. The van der Waals surface area contributed by atoms with Crippen molar-refractivity contribution in [3.63, 3.8) is 0 Å². The van der Waals surface area contributed by atoms with Crippen LogP contribution in [0.3, 0.4) is 0 Å². The Morgan fingerprint density at radius 3 is 2.85 bits per heavy atom. The minimum absolute atomic E-state index is 0.102. The molecule has 1 heterocycles. The van der Waals surface area contributed by atoms with Gasteiger partial charge in [0.05, 0.1) is 0 Å². The maximum absolute atomic E-state index is 13.1. The first-order chi connectivity index (χ1) is 9.47. The van der Waals surface area contributed by atoms with E-state index >= 15 is 0 Å². The zero-order valence-electron chi connectivity index (χ0n) is 11.5. The molecule has 0 bridgehead atoms. The largest absolute Gasteiger partial charge is 0.336 e. The van der Waals surface area contributed by atoms with E-state index in [4.69, 9.17) is 0 Å². The smallest absolute Gasteiger partial charge is 0.270 e. The first-order valence-corrected chi connectivity index (χ1v) is 6.31. The standard InChI is InChI=1S/C14H16FN3O2/c1-17(9-10-4-3-5-11(15)8-10)14(20)12-6-7-13(19)18(2)16-12/h3-5,8H,6-7,9H2,1-2H3. The van der Waals surface area contributed by atoms with Gasteiger partial charge in [-0.05, 0) is 17.7 Å². The van der Waals surface area contributed by atoms with Gasteiger partial charge in [-0.1, -0.05) is 12.1 Å². The molecule has 0 radical (unpaired) electrons. The lowest BCUT2D eigenvalue weighted by Gasteiger charge is -2.23. The number of carbonyl (C=O) groups is 2. The maximum atomic E-state index is 13.1. The molecule has 2 rings (SSSR count). The van der Waals surface area contributed by atoms with E-state index in [0.29, 0.717) is 24.2 Å². The van der Waals surface area contributed by atoms with Crippen LogP contribution in [0.1, 0.15) is 18.4 Å². The Kier molecular flexibility index (Phi) is 4.12. The number of rotatable bonds is 3. The van der Waals surface area contributed by atoms with Gasteiger partial charge in [-0.2, -0.15) is 5.10 Å². The van der Waals surface area contributed by atoms with E-state index in [9.17, 15) is 14.0 Å². The van der Waals surface area contributed by atoms with Crippen molar-refractivity contribution in [2.75, 3.05) is 14.1 Å². The van der Waals surface area contributed by atoms with Gasteiger partial charge < -0.3 is 4.90 Å². The Morgan fingerprint density at radius 2 is 2.20 bits per heavy atom. The molecule has 106 valence electrons. The van der Waals surface area contributed by atoms with Crippen LogP contribution >= 0.6 is 0 Å². The average Bonchev–Trinajstić information content (AvgIpc) is 2.41. The second-order valence-corrected chi connectivity index (χ2v) is 4.76. The first-order valence-electron chi connectivity index (χ1n) is 6.31. The Bertz CT molecular complexity index is 571. The summed E-state index contributed by atoms with van der Waals surface area (Å²) in [4.78, 5) is 25.0. The lowest BCUT2D eigenvalue weighted by Crippen LogP contribution is -2.38. The molecule has 1 aromatic carbocycles. The van der Waals surface area contributed by atoms with Gasteiger partial charge in [0.1, 0.15) is 11.5 Å². The fourth-order valence-corrected chi connectivity index (χ4v) is 2.02. The summed E-state index contributed by atoms with van der Waals surface area (Å²) in [5.74, 6) is -0.674. The van der Waals surface area contributed by atoms with Gasteiger partial charge in [-0.25, -0.2) is 9.40 Å². The SMILES string of the molecule is CN(Cc1cccc(F)c1)C(=O)C1=NN(C)C(=O)CC1. The van der Waals surface area contributed by atoms with Crippen LogP contribution in [0.2, 0.25) is 0 Å². The number of hydrogen-bond acceptors (Lipinski definition) is 3. The molecule has 5 nitrogen and oxygen atoms in total. The Balaban J connectivity index is 2.06. The van der Waals surface area contributed by atoms with Gasteiger partial charge in [0.15, 0.2) is 0 Å². The number of hydrogen-bond donors (Lipinski definition) is 0. The number of halogens is 1. The van der Waals surface area contributed by atoms with E-state index in [2.05, 4.69) is 5.10 Å². The molecule has 1 aliphatic rings. The summed E-state index contributed by atoms with van der Waals surface area (Å²) in [5, 5.41) is 5.17. The van der Waals surface area contributed by atoms with Crippen molar-refractivity contribution in [2.24, 2.45) is 5.10 Å². The third kappa shape index (κ3) is 3.20. The molecular formula is C14H16FN3O2. The minimum Gasteiger partial charge on any atom is -0.336 e. The van der Waals surface area contributed by atoms with Crippen LogP contribution in [0.15, 0.2) is 29.4 Å². The normalized spacial score (nSPS) is 15.1. The van der Waals surface area contributed by atoms with Crippen molar-refractivity contribution in [2.45, 2.75) is 19.4 Å². The first kappa shape index (κ1) is 14.2. The van der Waals surface area contributed by atoms with Crippen LogP contribution in [0, 0.1) is 5.82 Å². The Morgan fingerprint density at radius 1 is 1.45 bits per heavy atom. The van der Waals surface area contributed by atoms with E-state index < -0.39 is 0 Å². The van der Waals surface area contributed by atoms with E-state index in [1.807, 2.05) is 0 Å². The highest BCUT2D eigenvalue weighted by Gasteiger charge is 2.24. The summed E-state index contributed by atoms with van der Waals surface area (Å²) in [6, 6.07) is 6.11. The van der Waals surface area contributed by atoms with E-state index in [1.165, 1.54) is 29.1 Å². The predicted molar refractivity (Wildman–Crippen MR) is 72.3 cm³/mol. The molecule has 1 aliphatic heterocycles. The molecule has 0 aromatic heterocycles. The molecule has 0 saturated carbocycles. The molecule has 0 unspecified atom stereocenters. The van der Waals surface area contributed by atoms with Crippen molar-refractivity contribution >= 4 is 17.5 Å². The fraction of sp³-hybridized carbons (Fsp3) is 0.357. The monoisotopic (exact) mass is 277 g/mol. The van der Waals surface area contributed by atoms with Gasteiger partial charge in [0.25, 0.3) is 5.91 Å². The molecular weight excluding hydrogens is 261 g/mol. The van der Waals surface area contributed by atoms with Crippen molar-refractivity contribution in [1.82, 2.24) is 9.91 Å². The molecule has 0 atom stereocenters. The molecule has 0 saturated heterocycles. The average molecular weight is 277 g/mol. The van der Waals surface area contributed by atoms with Gasteiger partial charge in [-0.3, -0.25) is 9.59 Å². The van der Waals surface area contributed by atoms with Crippen molar-refractivity contribution in [1.29, 1.82) is 0 Å². The highest BCUT2D eigenvalue weighted by molar-refractivity contribution is 6.39. The van der Waals surface area contributed by atoms with Gasteiger partial charge in [0.2, 0.25) is 5.91 Å². The molecule has 0 fully saturated rings. The third-order valence-electron chi connectivity index (χ3n) is 3.11. The van der Waals surface area contributed by atoms with Crippen molar-refractivity contribution in [3.05, 3.63) is 35.6 Å². The number of benzene rings is 1. The van der Waals surface area contributed by atoms with E-state index in [1.54, 1.807) is 19.2 Å². The maximum Gasteiger partial charge on any atom is 0.270 e. The van der Waals surface area contributed by atoms with E-state index in [0.717, 1.165) is 0 Å². The predicted octanol–water partition coefficient (Wildman–Crippen LogP) is 1.39. The quantitative estimate of drug-likeness (QED) is 0.838. The zero-order chi connectivity index (χ0) is 14.7. The van der Waals surface area contributed by atoms with Crippen molar-refractivity contribution in [3.8, 4) is 0 Å². The summed E-state index contributed by atoms with van der Waals surface area (Å²) in [6.07, 6.45) is 0.629. The van der Waals surface area contributed by atoms with Crippen LogP contribution in [-0.2, 0) is 16.1 Å². The number of carbonyl (C=O) groups excluding carboxylic acids is 2. The van der Waals surface area contributed by atoms with Gasteiger partial charge in [0, 0.05) is 33.5 Å². The van der Waals surface area contributed by atoms with Crippen LogP contribution in [0.5, 0.6) is 0 Å². The van der Waals surface area contributed by atoms with Gasteiger partial charge >= 0.3 is 0 Å². The second-order valence-electron chi connectivity index (χ2n) is 4.76.